The van der Waals surface area contributed by atoms with E-state index in [1.54, 1.807) is 0 Å². The van der Waals surface area contributed by atoms with Crippen molar-refractivity contribution >= 4 is 0 Å². The Hall–Kier alpha value is -0.120. The average molecular weight is 142 g/mol. The fourth-order valence-electron chi connectivity index (χ4n) is 1.69. The van der Waals surface area contributed by atoms with Gasteiger partial charge in [-0.25, -0.2) is 0 Å². The number of ether oxygens (including phenoxy) is 1. The van der Waals surface area contributed by atoms with Crippen molar-refractivity contribution in [2.75, 3.05) is 32.8 Å². The molecule has 2 aliphatic rings. The van der Waals surface area contributed by atoms with Crippen LogP contribution in [0.1, 0.15) is 6.42 Å². The predicted octanol–water partition coefficient (Wildman–Crippen LogP) is -0.662. The van der Waals surface area contributed by atoms with Crippen molar-refractivity contribution in [2.45, 2.75) is 12.0 Å². The summed E-state index contributed by atoms with van der Waals surface area (Å²) in [5.74, 6) is 0. The first-order chi connectivity index (χ1) is 4.91. The second-order valence-corrected chi connectivity index (χ2v) is 3.19. The SMILES string of the molecule is C1CN[C@@]2(CCOC2)CN1. The van der Waals surface area contributed by atoms with Crippen LogP contribution in [0.2, 0.25) is 0 Å². The van der Waals surface area contributed by atoms with Gasteiger partial charge in [0.1, 0.15) is 0 Å². The molecule has 3 nitrogen and oxygen atoms in total. The Bertz CT molecular complexity index is 113. The van der Waals surface area contributed by atoms with Crippen LogP contribution in [-0.4, -0.2) is 38.4 Å². The summed E-state index contributed by atoms with van der Waals surface area (Å²) in [6.45, 7) is 5.08. The average Bonchev–Trinajstić information content (AvgIpc) is 2.39. The van der Waals surface area contributed by atoms with Gasteiger partial charge in [0.05, 0.1) is 12.1 Å². The summed E-state index contributed by atoms with van der Waals surface area (Å²) < 4.78 is 5.34. The summed E-state index contributed by atoms with van der Waals surface area (Å²) in [5, 5.41) is 6.88. The molecule has 2 rings (SSSR count). The Morgan fingerprint density at radius 3 is 2.90 bits per heavy atom. The molecule has 0 aromatic heterocycles. The number of rotatable bonds is 0. The van der Waals surface area contributed by atoms with Gasteiger partial charge in [-0.1, -0.05) is 0 Å². The normalized spacial score (nSPS) is 40.8. The van der Waals surface area contributed by atoms with Crippen LogP contribution in [0, 0.1) is 0 Å². The largest absolute Gasteiger partial charge is 0.379 e. The van der Waals surface area contributed by atoms with Crippen molar-refractivity contribution in [3.05, 3.63) is 0 Å². The fourth-order valence-corrected chi connectivity index (χ4v) is 1.69. The van der Waals surface area contributed by atoms with Crippen LogP contribution in [0.15, 0.2) is 0 Å². The van der Waals surface area contributed by atoms with Gasteiger partial charge in [-0.05, 0) is 6.42 Å². The number of hydrogen-bond acceptors (Lipinski definition) is 3. The fraction of sp³-hybridized carbons (Fsp3) is 1.00. The molecule has 2 saturated heterocycles. The molecule has 10 heavy (non-hydrogen) atoms. The van der Waals surface area contributed by atoms with Crippen LogP contribution in [-0.2, 0) is 4.74 Å². The number of piperazine rings is 1. The Labute approximate surface area is 61.1 Å². The third-order valence-corrected chi connectivity index (χ3v) is 2.37. The van der Waals surface area contributed by atoms with Gasteiger partial charge in [-0.2, -0.15) is 0 Å². The molecule has 2 aliphatic heterocycles. The summed E-state index contributed by atoms with van der Waals surface area (Å²) in [5.41, 5.74) is 0.290. The van der Waals surface area contributed by atoms with Gasteiger partial charge in [0, 0.05) is 26.2 Å². The highest BCUT2D eigenvalue weighted by atomic mass is 16.5. The lowest BCUT2D eigenvalue weighted by molar-refractivity contribution is 0.158. The maximum absolute atomic E-state index is 5.34. The second kappa shape index (κ2) is 2.49. The highest BCUT2D eigenvalue weighted by molar-refractivity contribution is 4.96. The van der Waals surface area contributed by atoms with Gasteiger partial charge in [0.25, 0.3) is 0 Å². The zero-order valence-electron chi connectivity index (χ0n) is 6.15. The maximum Gasteiger partial charge on any atom is 0.0661 e. The minimum absolute atomic E-state index is 0.290. The van der Waals surface area contributed by atoms with E-state index >= 15 is 0 Å². The monoisotopic (exact) mass is 142 g/mol. The summed E-state index contributed by atoms with van der Waals surface area (Å²) in [7, 11) is 0. The summed E-state index contributed by atoms with van der Waals surface area (Å²) in [6.07, 6.45) is 1.17. The molecule has 0 aliphatic carbocycles. The maximum atomic E-state index is 5.34. The standard InChI is InChI=1S/C7H14N2O/c1-4-10-6-7(1)5-8-2-3-9-7/h8-9H,1-6H2/t7-/m0/s1. The molecular formula is C7H14N2O. The van der Waals surface area contributed by atoms with E-state index in [-0.39, 0.29) is 5.54 Å². The highest BCUT2D eigenvalue weighted by Crippen LogP contribution is 2.18. The van der Waals surface area contributed by atoms with E-state index < -0.39 is 0 Å². The number of hydrogen-bond donors (Lipinski definition) is 2. The minimum atomic E-state index is 0.290. The van der Waals surface area contributed by atoms with Crippen molar-refractivity contribution in [1.29, 1.82) is 0 Å². The molecule has 0 radical (unpaired) electrons. The number of nitrogens with one attached hydrogen (secondary N) is 2. The van der Waals surface area contributed by atoms with Gasteiger partial charge < -0.3 is 15.4 Å². The van der Waals surface area contributed by atoms with E-state index in [1.807, 2.05) is 0 Å². The van der Waals surface area contributed by atoms with Crippen molar-refractivity contribution < 1.29 is 4.74 Å². The van der Waals surface area contributed by atoms with E-state index in [1.165, 1.54) is 6.42 Å². The first kappa shape index (κ1) is 6.58. The topological polar surface area (TPSA) is 33.3 Å². The molecule has 2 fully saturated rings. The summed E-state index contributed by atoms with van der Waals surface area (Å²) >= 11 is 0. The molecule has 0 unspecified atom stereocenters. The van der Waals surface area contributed by atoms with Gasteiger partial charge >= 0.3 is 0 Å². The quantitative estimate of drug-likeness (QED) is 0.471. The van der Waals surface area contributed by atoms with Crippen molar-refractivity contribution in [1.82, 2.24) is 10.6 Å². The van der Waals surface area contributed by atoms with E-state index in [0.717, 1.165) is 32.8 Å². The molecule has 2 N–H and O–H groups in total. The van der Waals surface area contributed by atoms with E-state index in [0.29, 0.717) is 0 Å². The molecule has 58 valence electrons. The predicted molar refractivity (Wildman–Crippen MR) is 39.0 cm³/mol. The molecule has 2 heterocycles. The lowest BCUT2D eigenvalue weighted by atomic mass is 9.97. The molecule has 3 heteroatoms. The highest BCUT2D eigenvalue weighted by Gasteiger charge is 2.35. The molecule has 0 bridgehead atoms. The van der Waals surface area contributed by atoms with E-state index in [2.05, 4.69) is 10.6 Å². The van der Waals surface area contributed by atoms with Crippen LogP contribution >= 0.6 is 0 Å². The Kier molecular flexibility index (Phi) is 1.64. The third-order valence-electron chi connectivity index (χ3n) is 2.37. The molecule has 1 spiro atoms. The van der Waals surface area contributed by atoms with Crippen LogP contribution < -0.4 is 10.6 Å². The third kappa shape index (κ3) is 1.05. The molecule has 0 amide bonds. The summed E-state index contributed by atoms with van der Waals surface area (Å²) in [4.78, 5) is 0. The first-order valence-corrected chi connectivity index (χ1v) is 3.95. The van der Waals surface area contributed by atoms with Crippen molar-refractivity contribution in [3.63, 3.8) is 0 Å². The molecule has 0 aromatic carbocycles. The zero-order chi connectivity index (χ0) is 6.86. The van der Waals surface area contributed by atoms with Gasteiger partial charge in [0.2, 0.25) is 0 Å². The van der Waals surface area contributed by atoms with Gasteiger partial charge in [0.15, 0.2) is 0 Å². The van der Waals surface area contributed by atoms with Crippen LogP contribution in [0.25, 0.3) is 0 Å². The Balaban J connectivity index is 1.98. The lowest BCUT2D eigenvalue weighted by Gasteiger charge is -2.33. The molecule has 1 atom stereocenters. The van der Waals surface area contributed by atoms with E-state index in [9.17, 15) is 0 Å². The van der Waals surface area contributed by atoms with E-state index in [4.69, 9.17) is 4.74 Å². The molecule has 0 saturated carbocycles. The second-order valence-electron chi connectivity index (χ2n) is 3.19. The summed E-state index contributed by atoms with van der Waals surface area (Å²) in [6, 6.07) is 0. The molecular weight excluding hydrogens is 128 g/mol. The van der Waals surface area contributed by atoms with Crippen molar-refractivity contribution in [3.8, 4) is 0 Å². The lowest BCUT2D eigenvalue weighted by Crippen LogP contribution is -2.59. The van der Waals surface area contributed by atoms with Crippen LogP contribution in [0.3, 0.4) is 0 Å². The minimum Gasteiger partial charge on any atom is -0.379 e. The van der Waals surface area contributed by atoms with Crippen LogP contribution in [0.4, 0.5) is 0 Å². The van der Waals surface area contributed by atoms with Crippen molar-refractivity contribution in [2.24, 2.45) is 0 Å². The smallest absolute Gasteiger partial charge is 0.0661 e. The zero-order valence-corrected chi connectivity index (χ0v) is 6.15. The first-order valence-electron chi connectivity index (χ1n) is 3.95. The van der Waals surface area contributed by atoms with Crippen LogP contribution in [0.5, 0.6) is 0 Å². The Morgan fingerprint density at radius 1 is 1.30 bits per heavy atom. The molecule has 0 aromatic rings. The Morgan fingerprint density at radius 2 is 2.30 bits per heavy atom. The van der Waals surface area contributed by atoms with Gasteiger partial charge in [-0.15, -0.1) is 0 Å². The van der Waals surface area contributed by atoms with Gasteiger partial charge in [-0.3, -0.25) is 0 Å².